The lowest BCUT2D eigenvalue weighted by Crippen LogP contribution is -2.43. The third kappa shape index (κ3) is 3.95. The maximum absolute atomic E-state index is 12.8. The van der Waals surface area contributed by atoms with Crippen LogP contribution in [-0.2, 0) is 16.4 Å². The van der Waals surface area contributed by atoms with Crippen molar-refractivity contribution < 1.29 is 23.1 Å². The van der Waals surface area contributed by atoms with Crippen molar-refractivity contribution in [3.63, 3.8) is 0 Å². The first kappa shape index (κ1) is 24.1. The molecule has 5 rings (SSSR count). The third-order valence-corrected chi connectivity index (χ3v) is 10.1. The second-order valence-electron chi connectivity index (χ2n) is 10.1. The predicted molar refractivity (Wildman–Crippen MR) is 130 cm³/mol. The minimum atomic E-state index is -4.08. The number of primary sulfonamides is 1. The molecule has 2 saturated carbocycles. The van der Waals surface area contributed by atoms with E-state index in [4.69, 9.17) is 33.1 Å². The molecule has 5 atom stereocenters. The van der Waals surface area contributed by atoms with E-state index in [2.05, 4.69) is 6.92 Å². The van der Waals surface area contributed by atoms with Gasteiger partial charge in [-0.15, -0.1) is 0 Å². The van der Waals surface area contributed by atoms with Crippen molar-refractivity contribution in [2.45, 2.75) is 62.4 Å². The molecule has 0 heterocycles. The van der Waals surface area contributed by atoms with E-state index in [1.807, 2.05) is 12.1 Å². The largest absolute Gasteiger partial charge is 0.423 e. The zero-order valence-electron chi connectivity index (χ0n) is 18.8. The summed E-state index contributed by atoms with van der Waals surface area (Å²) >= 11 is 12.2. The number of sulfonamides is 1. The highest BCUT2D eigenvalue weighted by Gasteiger charge is 2.54. The molecule has 6 nitrogen and oxygen atoms in total. The van der Waals surface area contributed by atoms with Gasteiger partial charge in [-0.25, -0.2) is 18.4 Å². The average molecular weight is 524 g/mol. The maximum atomic E-state index is 12.8. The number of hydrogen-bond acceptors (Lipinski definition) is 5. The average Bonchev–Trinajstić information content (AvgIpc) is 3.09. The van der Waals surface area contributed by atoms with Crippen molar-refractivity contribution in [1.82, 2.24) is 0 Å². The topological polar surface area (TPSA) is 107 Å². The fourth-order valence-corrected chi connectivity index (χ4v) is 7.67. The van der Waals surface area contributed by atoms with Crippen LogP contribution in [0.5, 0.6) is 5.75 Å². The van der Waals surface area contributed by atoms with Gasteiger partial charge in [0.15, 0.2) is 0 Å². The summed E-state index contributed by atoms with van der Waals surface area (Å²) in [6, 6.07) is 7.88. The Hall–Kier alpha value is -1.64. The molecule has 9 heteroatoms. The van der Waals surface area contributed by atoms with Crippen molar-refractivity contribution in [3.05, 3.63) is 57.1 Å². The molecule has 3 aliphatic carbocycles. The molecule has 2 fully saturated rings. The zero-order chi connectivity index (χ0) is 24.4. The van der Waals surface area contributed by atoms with Crippen LogP contribution >= 0.6 is 23.2 Å². The number of ether oxygens (including phenoxy) is 1. The molecule has 0 amide bonds. The van der Waals surface area contributed by atoms with Crippen LogP contribution < -0.4 is 9.88 Å². The van der Waals surface area contributed by atoms with Crippen LogP contribution in [0.4, 0.5) is 0 Å². The van der Waals surface area contributed by atoms with Gasteiger partial charge in [0.1, 0.15) is 5.75 Å². The number of fused-ring (bicyclic) bond motifs is 5. The molecule has 2 aromatic rings. The number of benzene rings is 2. The molecule has 0 saturated heterocycles. The molecular weight excluding hydrogens is 497 g/mol. The number of aliphatic hydroxyl groups is 1. The summed E-state index contributed by atoms with van der Waals surface area (Å²) in [7, 11) is -4.08. The number of aryl methyl sites for hydroxylation is 1. The van der Waals surface area contributed by atoms with Crippen molar-refractivity contribution in [1.29, 1.82) is 0 Å². The van der Waals surface area contributed by atoms with E-state index in [1.165, 1.54) is 5.56 Å². The molecule has 0 spiro atoms. The number of aliphatic hydroxyl groups excluding tert-OH is 1. The first-order chi connectivity index (χ1) is 16.0. The minimum absolute atomic E-state index is 0.0280. The Morgan fingerprint density at radius 3 is 2.65 bits per heavy atom. The SMILES string of the molecule is C[C@]12CCC3c4ccc(OC(=O)c5cc(S(N)(=O)=O)cc(Cl)c5Cl)cc4CCC3C1CC[C@@H]2O. The summed E-state index contributed by atoms with van der Waals surface area (Å²) in [5.74, 6) is 1.13. The normalized spacial score (nSPS) is 30.3. The van der Waals surface area contributed by atoms with E-state index in [0.29, 0.717) is 23.5 Å². The standard InChI is InChI=1S/C25H27Cl2NO5S/c1-25-9-8-17-16-5-3-14(10-13(16)2-4-18(17)20(25)6-7-22(25)29)33-24(30)19-11-15(34(28,31)32)12-21(26)23(19)27/h3,5,10-12,17-18,20,22,29H,2,4,6-9H2,1H3,(H2,28,31,32)/t17?,18?,20?,22-,25-/m0/s1. The van der Waals surface area contributed by atoms with E-state index in [-0.39, 0.29) is 32.0 Å². The highest BCUT2D eigenvalue weighted by atomic mass is 35.5. The molecule has 0 aliphatic heterocycles. The van der Waals surface area contributed by atoms with E-state index in [9.17, 15) is 18.3 Å². The monoisotopic (exact) mass is 523 g/mol. The van der Waals surface area contributed by atoms with Crippen LogP contribution in [0.15, 0.2) is 35.2 Å². The Balaban J connectivity index is 1.39. The number of esters is 1. The number of carbonyl (C=O) groups excluding carboxylic acids is 1. The number of carbonyl (C=O) groups is 1. The second kappa shape index (κ2) is 8.49. The lowest BCUT2D eigenvalue weighted by atomic mass is 9.55. The van der Waals surface area contributed by atoms with E-state index in [0.717, 1.165) is 56.2 Å². The van der Waals surface area contributed by atoms with Crippen molar-refractivity contribution >= 4 is 39.2 Å². The van der Waals surface area contributed by atoms with Gasteiger partial charge in [0, 0.05) is 0 Å². The molecule has 182 valence electrons. The molecule has 3 N–H and O–H groups in total. The molecule has 0 aromatic heterocycles. The van der Waals surface area contributed by atoms with E-state index >= 15 is 0 Å². The summed E-state index contributed by atoms with van der Waals surface area (Å²) in [4.78, 5) is 12.5. The van der Waals surface area contributed by atoms with Gasteiger partial charge in [0.2, 0.25) is 10.0 Å². The predicted octanol–water partition coefficient (Wildman–Crippen LogP) is 5.08. The fraction of sp³-hybridized carbons (Fsp3) is 0.480. The molecule has 3 unspecified atom stereocenters. The van der Waals surface area contributed by atoms with Crippen LogP contribution in [-0.4, -0.2) is 25.6 Å². The van der Waals surface area contributed by atoms with Crippen LogP contribution in [0.2, 0.25) is 10.0 Å². The lowest BCUT2D eigenvalue weighted by Gasteiger charge is -2.50. The fourth-order valence-electron chi connectivity index (χ4n) is 6.63. The van der Waals surface area contributed by atoms with Gasteiger partial charge in [-0.05, 0) is 97.1 Å². The second-order valence-corrected chi connectivity index (χ2v) is 12.5. The number of hydrogen-bond donors (Lipinski definition) is 2. The van der Waals surface area contributed by atoms with Gasteiger partial charge in [-0.2, -0.15) is 0 Å². The first-order valence-corrected chi connectivity index (χ1v) is 13.8. The summed E-state index contributed by atoms with van der Waals surface area (Å²) in [5, 5.41) is 15.6. The number of rotatable bonds is 3. The van der Waals surface area contributed by atoms with Crippen LogP contribution in [0.1, 0.15) is 66.4 Å². The Bertz CT molecular complexity index is 1280. The smallest absolute Gasteiger partial charge is 0.345 e. The molecular formula is C25H27Cl2NO5S. The van der Waals surface area contributed by atoms with Gasteiger partial charge < -0.3 is 9.84 Å². The summed E-state index contributed by atoms with van der Waals surface area (Å²) < 4.78 is 29.0. The van der Waals surface area contributed by atoms with Gasteiger partial charge in [0.25, 0.3) is 0 Å². The Labute approximate surface area is 209 Å². The van der Waals surface area contributed by atoms with E-state index in [1.54, 1.807) is 6.07 Å². The quantitative estimate of drug-likeness (QED) is 0.431. The molecule has 0 radical (unpaired) electrons. The number of nitrogens with two attached hydrogens (primary N) is 1. The van der Waals surface area contributed by atoms with Gasteiger partial charge in [0.05, 0.1) is 26.6 Å². The molecule has 0 bridgehead atoms. The van der Waals surface area contributed by atoms with E-state index < -0.39 is 16.0 Å². The first-order valence-electron chi connectivity index (χ1n) is 11.5. The van der Waals surface area contributed by atoms with Gasteiger partial charge in [-0.1, -0.05) is 36.2 Å². The Morgan fingerprint density at radius 1 is 1.15 bits per heavy atom. The highest BCUT2D eigenvalue weighted by molar-refractivity contribution is 7.89. The van der Waals surface area contributed by atoms with Crippen LogP contribution in [0.25, 0.3) is 0 Å². The maximum Gasteiger partial charge on any atom is 0.345 e. The van der Waals surface area contributed by atoms with Gasteiger partial charge in [-0.3, -0.25) is 0 Å². The summed E-state index contributed by atoms with van der Waals surface area (Å²) in [5.41, 5.74) is 2.33. The van der Waals surface area contributed by atoms with Crippen LogP contribution in [0.3, 0.4) is 0 Å². The number of halogens is 2. The third-order valence-electron chi connectivity index (χ3n) is 8.41. The van der Waals surface area contributed by atoms with Gasteiger partial charge >= 0.3 is 5.97 Å². The minimum Gasteiger partial charge on any atom is -0.423 e. The van der Waals surface area contributed by atoms with Crippen molar-refractivity contribution in [2.75, 3.05) is 0 Å². The molecule has 2 aromatic carbocycles. The Morgan fingerprint density at radius 2 is 1.91 bits per heavy atom. The Kier molecular flexibility index (Phi) is 6.01. The molecule has 3 aliphatic rings. The zero-order valence-corrected chi connectivity index (χ0v) is 21.1. The summed E-state index contributed by atoms with van der Waals surface area (Å²) in [6.45, 7) is 2.26. The lowest BCUT2D eigenvalue weighted by molar-refractivity contribution is -0.0226. The summed E-state index contributed by atoms with van der Waals surface area (Å²) in [6.07, 6.45) is 5.80. The van der Waals surface area contributed by atoms with Crippen LogP contribution in [0, 0.1) is 17.3 Å². The highest BCUT2D eigenvalue weighted by Crippen LogP contribution is 2.60. The molecule has 34 heavy (non-hydrogen) atoms. The van der Waals surface area contributed by atoms with Crippen molar-refractivity contribution in [3.8, 4) is 5.75 Å². The van der Waals surface area contributed by atoms with Crippen molar-refractivity contribution in [2.24, 2.45) is 22.4 Å².